The number of rotatable bonds is 14. The van der Waals surface area contributed by atoms with Crippen molar-refractivity contribution in [3.8, 4) is 17.0 Å². The minimum atomic E-state index is -0.964. The van der Waals surface area contributed by atoms with Crippen LogP contribution in [0.3, 0.4) is 0 Å². The van der Waals surface area contributed by atoms with E-state index >= 15 is 0 Å². The van der Waals surface area contributed by atoms with Crippen LogP contribution in [0.1, 0.15) is 58.7 Å². The fourth-order valence-electron chi connectivity index (χ4n) is 6.10. The highest BCUT2D eigenvalue weighted by Crippen LogP contribution is 2.32. The third kappa shape index (κ3) is 8.21. The summed E-state index contributed by atoms with van der Waals surface area (Å²) in [7, 11) is 1.99. The van der Waals surface area contributed by atoms with E-state index in [2.05, 4.69) is 22.9 Å². The molecule has 0 bridgehead atoms. The highest BCUT2D eigenvalue weighted by atomic mass is 35.5. The lowest BCUT2D eigenvalue weighted by molar-refractivity contribution is -0.121. The molecule has 50 heavy (non-hydrogen) atoms. The number of ether oxygens (including phenoxy) is 1. The molecule has 6 aromatic rings. The maximum Gasteiger partial charge on any atom is 0.335 e. The summed E-state index contributed by atoms with van der Waals surface area (Å²) in [6.07, 6.45) is 6.68. The SMILES string of the molecule is CCCCn1cc(-c2ccc(Cl)cc2Cl)nc1[C@H](Cc1ccc(OCc2ccc(C(=O)O)cc2)cc1)NC(=O)Cc1cn(C)c2ccccc12. The minimum absolute atomic E-state index is 0.101. The van der Waals surface area contributed by atoms with Crippen molar-refractivity contribution in [2.24, 2.45) is 7.05 Å². The summed E-state index contributed by atoms with van der Waals surface area (Å²) in [5, 5.41) is 14.6. The number of fused-ring (bicyclic) bond motifs is 1. The number of hydrogen-bond donors (Lipinski definition) is 2. The van der Waals surface area contributed by atoms with Gasteiger partial charge in [0.05, 0.1) is 28.7 Å². The van der Waals surface area contributed by atoms with Gasteiger partial charge >= 0.3 is 5.97 Å². The van der Waals surface area contributed by atoms with E-state index in [4.69, 9.17) is 38.0 Å². The monoisotopic (exact) mass is 708 g/mol. The van der Waals surface area contributed by atoms with Gasteiger partial charge in [0.15, 0.2) is 0 Å². The van der Waals surface area contributed by atoms with Gasteiger partial charge in [0, 0.05) is 47.5 Å². The average molecular weight is 710 g/mol. The van der Waals surface area contributed by atoms with Gasteiger partial charge in [-0.1, -0.05) is 79.0 Å². The third-order valence-electron chi connectivity index (χ3n) is 8.71. The molecule has 0 radical (unpaired) electrons. The van der Waals surface area contributed by atoms with E-state index in [1.54, 1.807) is 36.4 Å². The molecule has 10 heteroatoms. The maximum absolute atomic E-state index is 13.8. The van der Waals surface area contributed by atoms with Crippen molar-refractivity contribution in [3.05, 3.63) is 142 Å². The second-order valence-electron chi connectivity index (χ2n) is 12.4. The van der Waals surface area contributed by atoms with Crippen LogP contribution >= 0.6 is 23.2 Å². The Morgan fingerprint density at radius 1 is 0.940 bits per heavy atom. The normalized spacial score (nSPS) is 11.8. The maximum atomic E-state index is 13.8. The zero-order chi connectivity index (χ0) is 35.2. The van der Waals surface area contributed by atoms with Gasteiger partial charge in [-0.25, -0.2) is 9.78 Å². The van der Waals surface area contributed by atoms with Crippen LogP contribution < -0.4 is 10.1 Å². The van der Waals surface area contributed by atoms with Crippen LogP contribution in [0.25, 0.3) is 22.2 Å². The number of para-hydroxylation sites is 1. The van der Waals surface area contributed by atoms with Crippen molar-refractivity contribution in [2.45, 2.75) is 51.8 Å². The molecule has 2 aromatic heterocycles. The zero-order valence-corrected chi connectivity index (χ0v) is 29.4. The molecule has 6 rings (SSSR count). The Morgan fingerprint density at radius 2 is 1.68 bits per heavy atom. The first-order chi connectivity index (χ1) is 24.2. The number of benzene rings is 4. The van der Waals surface area contributed by atoms with Crippen LogP contribution in [0.5, 0.6) is 5.75 Å². The third-order valence-corrected chi connectivity index (χ3v) is 9.26. The number of halogens is 2. The summed E-state index contributed by atoms with van der Waals surface area (Å²) in [6.45, 7) is 3.18. The summed E-state index contributed by atoms with van der Waals surface area (Å²) in [5.41, 5.74) is 5.61. The van der Waals surface area contributed by atoms with E-state index in [1.165, 1.54) is 0 Å². The van der Waals surface area contributed by atoms with Gasteiger partial charge in [-0.15, -0.1) is 0 Å². The number of carboxylic acids is 1. The molecule has 0 saturated carbocycles. The molecule has 256 valence electrons. The van der Waals surface area contributed by atoms with Gasteiger partial charge in [-0.2, -0.15) is 0 Å². The van der Waals surface area contributed by atoms with Crippen molar-refractivity contribution in [1.29, 1.82) is 0 Å². The van der Waals surface area contributed by atoms with Crippen molar-refractivity contribution in [3.63, 3.8) is 0 Å². The van der Waals surface area contributed by atoms with Gasteiger partial charge in [0.25, 0.3) is 0 Å². The number of aryl methyl sites for hydroxylation is 2. The molecule has 1 atom stereocenters. The molecule has 0 aliphatic rings. The Balaban J connectivity index is 1.27. The van der Waals surface area contributed by atoms with Crippen molar-refractivity contribution in [2.75, 3.05) is 0 Å². The first kappa shape index (κ1) is 34.8. The van der Waals surface area contributed by atoms with E-state index < -0.39 is 12.0 Å². The molecule has 8 nitrogen and oxygen atoms in total. The number of carbonyl (C=O) groups excluding carboxylic acids is 1. The number of carbonyl (C=O) groups is 2. The quantitative estimate of drug-likeness (QED) is 0.118. The number of imidazole rings is 1. The molecule has 0 spiro atoms. The molecular weight excluding hydrogens is 671 g/mol. The topological polar surface area (TPSA) is 98.4 Å². The number of aromatic nitrogens is 3. The van der Waals surface area contributed by atoms with Crippen molar-refractivity contribution in [1.82, 2.24) is 19.4 Å². The smallest absolute Gasteiger partial charge is 0.335 e. The number of aromatic carboxylic acids is 1. The van der Waals surface area contributed by atoms with E-state index in [-0.39, 0.29) is 17.9 Å². The number of unbranched alkanes of at least 4 members (excludes halogenated alkanes) is 1. The molecule has 0 aliphatic heterocycles. The lowest BCUT2D eigenvalue weighted by atomic mass is 10.0. The molecule has 0 aliphatic carbocycles. The zero-order valence-electron chi connectivity index (χ0n) is 27.9. The number of nitrogens with one attached hydrogen (secondary N) is 1. The van der Waals surface area contributed by atoms with Gasteiger partial charge in [-0.3, -0.25) is 4.79 Å². The predicted octanol–water partition coefficient (Wildman–Crippen LogP) is 9.07. The fraction of sp³-hybridized carbons (Fsp3) is 0.225. The van der Waals surface area contributed by atoms with Gasteiger partial charge in [-0.05, 0) is 78.1 Å². The van der Waals surface area contributed by atoms with Crippen LogP contribution in [0.15, 0.2) is 103 Å². The van der Waals surface area contributed by atoms with E-state index in [9.17, 15) is 9.59 Å². The minimum Gasteiger partial charge on any atom is -0.489 e. The van der Waals surface area contributed by atoms with Gasteiger partial charge in [0.1, 0.15) is 18.2 Å². The Bertz CT molecular complexity index is 2120. The molecule has 0 unspecified atom stereocenters. The highest BCUT2D eigenvalue weighted by Gasteiger charge is 2.24. The van der Waals surface area contributed by atoms with E-state index in [1.807, 2.05) is 72.5 Å². The summed E-state index contributed by atoms with van der Waals surface area (Å²) in [4.78, 5) is 30.1. The number of amides is 1. The van der Waals surface area contributed by atoms with E-state index in [0.29, 0.717) is 34.5 Å². The molecule has 0 saturated heterocycles. The number of carboxylic acid groups (broad SMARTS) is 1. The summed E-state index contributed by atoms with van der Waals surface area (Å²) >= 11 is 12.8. The molecule has 4 aromatic carbocycles. The Labute approximate surface area is 301 Å². The Morgan fingerprint density at radius 3 is 2.40 bits per heavy atom. The van der Waals surface area contributed by atoms with Crippen LogP contribution in [0, 0.1) is 0 Å². The van der Waals surface area contributed by atoms with E-state index in [0.717, 1.165) is 58.4 Å². The van der Waals surface area contributed by atoms with Crippen LogP contribution in [-0.4, -0.2) is 31.1 Å². The number of nitrogens with zero attached hydrogens (tertiary/aromatic N) is 3. The summed E-state index contributed by atoms with van der Waals surface area (Å²) < 4.78 is 10.2. The Kier molecular flexibility index (Phi) is 10.9. The molecule has 2 heterocycles. The Hall–Kier alpha value is -5.05. The van der Waals surface area contributed by atoms with Crippen molar-refractivity contribution >= 4 is 46.0 Å². The second kappa shape index (κ2) is 15.7. The molecule has 2 N–H and O–H groups in total. The molecular formula is C40H38Cl2N4O4. The average Bonchev–Trinajstić information content (AvgIpc) is 3.67. The summed E-state index contributed by atoms with van der Waals surface area (Å²) in [6, 6.07) is 27.4. The number of hydrogen-bond acceptors (Lipinski definition) is 4. The lowest BCUT2D eigenvalue weighted by Crippen LogP contribution is -2.33. The first-order valence-corrected chi connectivity index (χ1v) is 17.3. The standard InChI is InChI=1S/C40H38Cl2N4O4/c1-3-4-19-46-24-36(33-18-15-30(41)22-34(33)42)44-39(46)35(43-38(47)21-29-23-45(2)37-8-6-5-7-32(29)37)20-26-11-16-31(17-12-26)50-25-27-9-13-28(14-10-27)40(48)49/h5-18,22-24,35H,3-4,19-21,25H2,1-2H3,(H,43,47)(H,48,49)/t35-/m0/s1. The van der Waals surface area contributed by atoms with Crippen LogP contribution in [0.2, 0.25) is 10.0 Å². The largest absolute Gasteiger partial charge is 0.489 e. The first-order valence-electron chi connectivity index (χ1n) is 16.6. The van der Waals surface area contributed by atoms with Gasteiger partial charge in [0.2, 0.25) is 5.91 Å². The van der Waals surface area contributed by atoms with Gasteiger partial charge < -0.3 is 24.3 Å². The highest BCUT2D eigenvalue weighted by molar-refractivity contribution is 6.36. The van der Waals surface area contributed by atoms with Crippen LogP contribution in [0.4, 0.5) is 0 Å². The lowest BCUT2D eigenvalue weighted by Gasteiger charge is -2.20. The second-order valence-corrected chi connectivity index (χ2v) is 13.2. The van der Waals surface area contributed by atoms with Crippen LogP contribution in [-0.2, 0) is 37.8 Å². The summed E-state index contributed by atoms with van der Waals surface area (Å²) in [5.74, 6) is 0.359. The molecule has 0 fully saturated rings. The predicted molar refractivity (Wildman–Crippen MR) is 198 cm³/mol. The molecule has 1 amide bonds. The van der Waals surface area contributed by atoms with Crippen molar-refractivity contribution < 1.29 is 19.4 Å². The fourth-order valence-corrected chi connectivity index (χ4v) is 6.61.